The molecule has 0 unspecified atom stereocenters. The van der Waals surface area contributed by atoms with Crippen LogP contribution in [0.1, 0.15) is 5.48 Å². The first-order chi connectivity index (χ1) is 14.4. The molecule has 126 valence electrons. The molecule has 0 saturated heterocycles. The van der Waals surface area contributed by atoms with Crippen LogP contribution in [-0.4, -0.2) is 17.2 Å². The van der Waals surface area contributed by atoms with E-state index in [0.717, 1.165) is 10.8 Å². The first kappa shape index (κ1) is 12.3. The minimum absolute atomic E-state index is 0.0379. The second kappa shape index (κ2) is 7.04. The monoisotopic (exact) mass is 343 g/mol. The average Bonchev–Trinajstić information content (AvgIpc) is 2.75. The molecule has 0 aromatic heterocycles. The summed E-state index contributed by atoms with van der Waals surface area (Å²) in [5.74, 6) is 0. The molecular formula is C22H18BNO2. The Hall–Kier alpha value is -3.08. The molecule has 0 atom stereocenters. The molecule has 3 nitrogen and oxygen atoms in total. The Morgan fingerprint density at radius 1 is 0.654 bits per heavy atom. The van der Waals surface area contributed by atoms with Crippen molar-refractivity contribution in [1.82, 2.24) is 0 Å². The summed E-state index contributed by atoms with van der Waals surface area (Å²) in [5, 5.41) is 21.1. The molecule has 0 aliphatic rings. The van der Waals surface area contributed by atoms with E-state index in [9.17, 15) is 10.0 Å². The van der Waals surface area contributed by atoms with Gasteiger partial charge in [0.05, 0.1) is 5.48 Å². The van der Waals surface area contributed by atoms with Crippen molar-refractivity contribution >= 4 is 40.4 Å². The second-order valence-corrected chi connectivity index (χ2v) is 5.84. The highest BCUT2D eigenvalue weighted by Gasteiger charge is 2.15. The third-order valence-electron chi connectivity index (χ3n) is 4.12. The molecular weight excluding hydrogens is 321 g/mol. The molecule has 0 amide bonds. The SMILES string of the molecule is [2H]c1c([2H])c(N(c2ccccc2)c2ccc3ccccc3c2)c([2H])c([2H])c1B(O)O. The third kappa shape index (κ3) is 3.20. The lowest BCUT2D eigenvalue weighted by Crippen LogP contribution is -2.29. The van der Waals surface area contributed by atoms with Crippen LogP contribution in [0.15, 0.2) is 97.0 Å². The van der Waals surface area contributed by atoms with Crippen LogP contribution in [0, 0.1) is 0 Å². The normalized spacial score (nSPS) is 12.8. The Morgan fingerprint density at radius 2 is 1.31 bits per heavy atom. The van der Waals surface area contributed by atoms with Crippen LogP contribution >= 0.6 is 0 Å². The lowest BCUT2D eigenvalue weighted by molar-refractivity contribution is 0.426. The predicted octanol–water partition coefficient (Wildman–Crippen LogP) is 3.99. The molecule has 0 spiro atoms. The number of nitrogens with zero attached hydrogens (tertiary/aromatic N) is 1. The molecule has 0 bridgehead atoms. The molecule has 2 N–H and O–H groups in total. The van der Waals surface area contributed by atoms with Gasteiger partial charge in [-0.1, -0.05) is 60.6 Å². The third-order valence-corrected chi connectivity index (χ3v) is 4.12. The minimum atomic E-state index is -2.10. The maximum Gasteiger partial charge on any atom is 0.488 e. The number of rotatable bonds is 4. The summed E-state index contributed by atoms with van der Waals surface area (Å²) in [6.45, 7) is 0. The van der Waals surface area contributed by atoms with Gasteiger partial charge in [0.15, 0.2) is 0 Å². The fourth-order valence-corrected chi connectivity index (χ4v) is 2.86. The maximum absolute atomic E-state index is 9.55. The first-order valence-electron chi connectivity index (χ1n) is 10.2. The summed E-state index contributed by atoms with van der Waals surface area (Å²) in [6.07, 6.45) is 0. The maximum atomic E-state index is 9.55. The molecule has 4 aromatic rings. The van der Waals surface area contributed by atoms with Gasteiger partial charge in [-0.25, -0.2) is 0 Å². The lowest BCUT2D eigenvalue weighted by Gasteiger charge is -2.26. The number of fused-ring (bicyclic) bond motifs is 1. The summed E-state index contributed by atoms with van der Waals surface area (Å²) in [5.41, 5.74) is 0.917. The average molecular weight is 343 g/mol. The zero-order valence-corrected chi connectivity index (χ0v) is 13.8. The van der Waals surface area contributed by atoms with Crippen LogP contribution in [0.4, 0.5) is 17.1 Å². The Balaban J connectivity index is 2.03. The molecule has 0 aliphatic heterocycles. The molecule has 0 radical (unpaired) electrons. The van der Waals surface area contributed by atoms with E-state index in [2.05, 4.69) is 0 Å². The van der Waals surface area contributed by atoms with E-state index in [4.69, 9.17) is 5.48 Å². The first-order valence-corrected chi connectivity index (χ1v) is 8.20. The fraction of sp³-hybridized carbons (Fsp3) is 0. The van der Waals surface area contributed by atoms with E-state index in [0.29, 0.717) is 11.4 Å². The van der Waals surface area contributed by atoms with E-state index >= 15 is 0 Å². The highest BCUT2D eigenvalue weighted by Crippen LogP contribution is 2.35. The topological polar surface area (TPSA) is 43.7 Å². The molecule has 4 rings (SSSR count). The van der Waals surface area contributed by atoms with Gasteiger partial charge in [0.25, 0.3) is 0 Å². The van der Waals surface area contributed by atoms with Gasteiger partial charge in [0, 0.05) is 17.1 Å². The van der Waals surface area contributed by atoms with Gasteiger partial charge in [0.1, 0.15) is 0 Å². The Kier molecular flexibility index (Phi) is 3.33. The van der Waals surface area contributed by atoms with Crippen molar-refractivity contribution in [2.75, 3.05) is 4.90 Å². The van der Waals surface area contributed by atoms with E-state index in [1.54, 1.807) is 4.90 Å². The number of para-hydroxylation sites is 1. The van der Waals surface area contributed by atoms with Crippen LogP contribution < -0.4 is 10.4 Å². The van der Waals surface area contributed by atoms with Crippen LogP contribution in [0.5, 0.6) is 0 Å². The standard InChI is InChI=1S/C22H18BNO2/c25-23(26)19-11-14-21(15-12-19)24(20-8-2-1-3-9-20)22-13-10-17-6-4-5-7-18(17)16-22/h1-16,25-26H/i11D,12D,14D,15D. The molecule has 0 heterocycles. The van der Waals surface area contributed by atoms with Gasteiger partial charge in [-0.3, -0.25) is 0 Å². The molecule has 0 aliphatic carbocycles. The molecule has 0 saturated carbocycles. The van der Waals surface area contributed by atoms with Crippen LogP contribution in [0.2, 0.25) is 0 Å². The van der Waals surface area contributed by atoms with Crippen molar-refractivity contribution in [3.63, 3.8) is 0 Å². The predicted molar refractivity (Wildman–Crippen MR) is 108 cm³/mol. The van der Waals surface area contributed by atoms with Crippen molar-refractivity contribution < 1.29 is 15.5 Å². The number of hydrogen-bond donors (Lipinski definition) is 2. The summed E-state index contributed by atoms with van der Waals surface area (Å²) in [7, 11) is -2.10. The van der Waals surface area contributed by atoms with Gasteiger partial charge in [0.2, 0.25) is 0 Å². The molecule has 26 heavy (non-hydrogen) atoms. The Morgan fingerprint density at radius 3 is 2.00 bits per heavy atom. The zero-order valence-electron chi connectivity index (χ0n) is 17.8. The smallest absolute Gasteiger partial charge is 0.423 e. The summed E-state index contributed by atoms with van der Waals surface area (Å²) in [4.78, 5) is 1.65. The van der Waals surface area contributed by atoms with Crippen molar-refractivity contribution in [2.45, 2.75) is 0 Å². The van der Waals surface area contributed by atoms with Gasteiger partial charge in [-0.15, -0.1) is 0 Å². The summed E-state index contributed by atoms with van der Waals surface area (Å²) < 4.78 is 33.4. The molecule has 4 heteroatoms. The minimum Gasteiger partial charge on any atom is -0.423 e. The number of hydrogen-bond acceptors (Lipinski definition) is 3. The van der Waals surface area contributed by atoms with Gasteiger partial charge in [-0.05, 0) is 52.6 Å². The van der Waals surface area contributed by atoms with Gasteiger partial charge >= 0.3 is 7.12 Å². The second-order valence-electron chi connectivity index (χ2n) is 5.84. The van der Waals surface area contributed by atoms with E-state index in [1.165, 1.54) is 0 Å². The fourth-order valence-electron chi connectivity index (χ4n) is 2.86. The largest absolute Gasteiger partial charge is 0.488 e. The number of benzene rings is 4. The highest BCUT2D eigenvalue weighted by molar-refractivity contribution is 6.58. The van der Waals surface area contributed by atoms with E-state index in [-0.39, 0.29) is 17.8 Å². The van der Waals surface area contributed by atoms with Gasteiger partial charge < -0.3 is 14.9 Å². The summed E-state index contributed by atoms with van der Waals surface area (Å²) in [6, 6.07) is 21.0. The highest BCUT2D eigenvalue weighted by atomic mass is 16.4. The van der Waals surface area contributed by atoms with Crippen molar-refractivity contribution in [2.24, 2.45) is 0 Å². The van der Waals surface area contributed by atoms with Crippen LogP contribution in [0.25, 0.3) is 10.8 Å². The lowest BCUT2D eigenvalue weighted by atomic mass is 9.80. The summed E-state index contributed by atoms with van der Waals surface area (Å²) >= 11 is 0. The number of anilines is 3. The van der Waals surface area contributed by atoms with E-state index in [1.807, 2.05) is 72.8 Å². The Bertz CT molecular complexity index is 1210. The Labute approximate surface area is 158 Å². The van der Waals surface area contributed by atoms with Crippen molar-refractivity contribution in [1.29, 1.82) is 0 Å². The van der Waals surface area contributed by atoms with Crippen LogP contribution in [0.3, 0.4) is 0 Å². The zero-order chi connectivity index (χ0) is 21.4. The quantitative estimate of drug-likeness (QED) is 0.551. The molecule has 0 fully saturated rings. The molecule has 4 aromatic carbocycles. The van der Waals surface area contributed by atoms with Crippen molar-refractivity contribution in [3.05, 3.63) is 97.0 Å². The van der Waals surface area contributed by atoms with E-state index < -0.39 is 24.7 Å². The van der Waals surface area contributed by atoms with Gasteiger partial charge in [-0.2, -0.15) is 0 Å². The van der Waals surface area contributed by atoms with Crippen molar-refractivity contribution in [3.8, 4) is 0 Å². The van der Waals surface area contributed by atoms with Crippen LogP contribution in [-0.2, 0) is 0 Å².